The second kappa shape index (κ2) is 6.89. The Labute approximate surface area is 132 Å². The number of nitrogens with zero attached hydrogens (tertiary/aromatic N) is 1. The highest BCUT2D eigenvalue weighted by atomic mass is 79.9. The van der Waals surface area contributed by atoms with Crippen LogP contribution in [0, 0.1) is 5.92 Å². The number of H-pyrrole nitrogens is 1. The molecule has 112 valence electrons. The zero-order chi connectivity index (χ0) is 15.4. The molecule has 0 amide bonds. The molecule has 0 saturated carbocycles. The van der Waals surface area contributed by atoms with Crippen LogP contribution in [0.15, 0.2) is 33.5 Å². The second-order valence-corrected chi connectivity index (χ2v) is 6.03. The van der Waals surface area contributed by atoms with Crippen molar-refractivity contribution in [1.82, 2.24) is 9.97 Å². The van der Waals surface area contributed by atoms with Gasteiger partial charge in [0.2, 0.25) is 0 Å². The minimum absolute atomic E-state index is 0.155. The van der Waals surface area contributed by atoms with Gasteiger partial charge in [0.15, 0.2) is 0 Å². The number of halogens is 1. The van der Waals surface area contributed by atoms with Crippen molar-refractivity contribution in [3.63, 3.8) is 0 Å². The van der Waals surface area contributed by atoms with E-state index in [1.807, 2.05) is 31.2 Å². The summed E-state index contributed by atoms with van der Waals surface area (Å²) >= 11 is 3.32. The molecule has 0 fully saturated rings. The van der Waals surface area contributed by atoms with Crippen molar-refractivity contribution in [3.05, 3.63) is 44.8 Å². The van der Waals surface area contributed by atoms with Crippen LogP contribution in [-0.4, -0.2) is 16.6 Å². The lowest BCUT2D eigenvalue weighted by Crippen LogP contribution is -2.15. The van der Waals surface area contributed by atoms with E-state index in [0.717, 1.165) is 23.4 Å². The van der Waals surface area contributed by atoms with Gasteiger partial charge in [-0.1, -0.05) is 26.0 Å². The average molecular weight is 351 g/mol. The maximum absolute atomic E-state index is 12.1. The third-order valence-electron chi connectivity index (χ3n) is 2.95. The molecule has 21 heavy (non-hydrogen) atoms. The molecule has 0 saturated heterocycles. The summed E-state index contributed by atoms with van der Waals surface area (Å²) in [7, 11) is 0. The maximum atomic E-state index is 12.1. The lowest BCUT2D eigenvalue weighted by atomic mass is 10.1. The highest BCUT2D eigenvalue weighted by molar-refractivity contribution is 9.10. The van der Waals surface area contributed by atoms with Gasteiger partial charge in [-0.25, -0.2) is 4.98 Å². The highest BCUT2D eigenvalue weighted by Gasteiger charge is 2.12. The number of nitrogens with one attached hydrogen (secondary N) is 1. The fraction of sp³-hybridized carbons (Fsp3) is 0.375. The highest BCUT2D eigenvalue weighted by Crippen LogP contribution is 2.22. The Balaban J connectivity index is 2.46. The first-order valence-corrected chi connectivity index (χ1v) is 7.82. The van der Waals surface area contributed by atoms with Crippen molar-refractivity contribution in [2.45, 2.75) is 27.2 Å². The summed E-state index contributed by atoms with van der Waals surface area (Å²) in [6.07, 6.45) is 0.753. The van der Waals surface area contributed by atoms with Crippen LogP contribution in [-0.2, 0) is 6.42 Å². The van der Waals surface area contributed by atoms with Crippen LogP contribution >= 0.6 is 15.9 Å². The number of hydrogen-bond acceptors (Lipinski definition) is 3. The standard InChI is InChI=1S/C16H19BrN2O2/c1-4-21-12-7-5-6-11(9-12)15-18-13(8-10(2)3)14(17)16(20)19-15/h5-7,9-10H,4,8H2,1-3H3,(H,18,19,20). The van der Waals surface area contributed by atoms with Gasteiger partial charge in [-0.05, 0) is 47.3 Å². The zero-order valence-corrected chi connectivity index (χ0v) is 14.0. The number of rotatable bonds is 5. The molecular formula is C16H19BrN2O2. The van der Waals surface area contributed by atoms with E-state index in [1.54, 1.807) is 0 Å². The summed E-state index contributed by atoms with van der Waals surface area (Å²) in [5, 5.41) is 0. The molecule has 0 aliphatic rings. The monoisotopic (exact) mass is 350 g/mol. The van der Waals surface area contributed by atoms with Crippen LogP contribution < -0.4 is 10.3 Å². The van der Waals surface area contributed by atoms with E-state index in [1.165, 1.54) is 0 Å². The molecule has 0 aliphatic carbocycles. The molecule has 0 spiro atoms. The molecular weight excluding hydrogens is 332 g/mol. The molecule has 0 atom stereocenters. The molecule has 0 unspecified atom stereocenters. The number of ether oxygens (including phenoxy) is 1. The Morgan fingerprint density at radius 2 is 2.14 bits per heavy atom. The van der Waals surface area contributed by atoms with Gasteiger partial charge in [0.05, 0.1) is 12.3 Å². The average Bonchev–Trinajstić information content (AvgIpc) is 2.44. The van der Waals surface area contributed by atoms with Gasteiger partial charge >= 0.3 is 0 Å². The maximum Gasteiger partial charge on any atom is 0.265 e. The number of aromatic amines is 1. The molecule has 1 heterocycles. The van der Waals surface area contributed by atoms with Gasteiger partial charge in [-0.15, -0.1) is 0 Å². The van der Waals surface area contributed by atoms with Crippen LogP contribution in [0.4, 0.5) is 0 Å². The van der Waals surface area contributed by atoms with Gasteiger partial charge in [-0.3, -0.25) is 4.79 Å². The predicted molar refractivity (Wildman–Crippen MR) is 87.7 cm³/mol. The van der Waals surface area contributed by atoms with Crippen molar-refractivity contribution >= 4 is 15.9 Å². The SMILES string of the molecule is CCOc1cccc(-c2nc(CC(C)C)c(Br)c(=O)[nH]2)c1. The largest absolute Gasteiger partial charge is 0.494 e. The normalized spacial score (nSPS) is 10.9. The number of hydrogen-bond donors (Lipinski definition) is 1. The van der Waals surface area contributed by atoms with Crippen molar-refractivity contribution < 1.29 is 4.74 Å². The fourth-order valence-electron chi connectivity index (χ4n) is 2.06. The van der Waals surface area contributed by atoms with E-state index in [9.17, 15) is 4.79 Å². The summed E-state index contributed by atoms with van der Waals surface area (Å²) < 4.78 is 6.00. The summed E-state index contributed by atoms with van der Waals surface area (Å²) in [4.78, 5) is 19.4. The van der Waals surface area contributed by atoms with Crippen molar-refractivity contribution in [2.75, 3.05) is 6.61 Å². The lowest BCUT2D eigenvalue weighted by molar-refractivity contribution is 0.340. The summed E-state index contributed by atoms with van der Waals surface area (Å²) in [6.45, 7) is 6.74. The minimum atomic E-state index is -0.155. The molecule has 1 N–H and O–H groups in total. The second-order valence-electron chi connectivity index (χ2n) is 5.23. The first-order valence-electron chi connectivity index (χ1n) is 7.03. The van der Waals surface area contributed by atoms with E-state index in [0.29, 0.717) is 22.8 Å². The molecule has 1 aromatic heterocycles. The van der Waals surface area contributed by atoms with E-state index >= 15 is 0 Å². The third-order valence-corrected chi connectivity index (χ3v) is 3.77. The summed E-state index contributed by atoms with van der Waals surface area (Å²) in [6, 6.07) is 7.58. The number of benzene rings is 1. The first kappa shape index (κ1) is 15.8. The van der Waals surface area contributed by atoms with Gasteiger partial charge in [0.1, 0.15) is 16.0 Å². The molecule has 0 radical (unpaired) electrons. The Bertz CT molecular complexity index is 680. The van der Waals surface area contributed by atoms with Crippen molar-refractivity contribution in [2.24, 2.45) is 5.92 Å². The van der Waals surface area contributed by atoms with Gasteiger partial charge < -0.3 is 9.72 Å². The van der Waals surface area contributed by atoms with Gasteiger partial charge in [0, 0.05) is 5.56 Å². The molecule has 1 aromatic carbocycles. The summed E-state index contributed by atoms with van der Waals surface area (Å²) in [5.74, 6) is 1.77. The van der Waals surface area contributed by atoms with Crippen LogP contribution in [0.2, 0.25) is 0 Å². The van der Waals surface area contributed by atoms with Crippen LogP contribution in [0.5, 0.6) is 5.75 Å². The van der Waals surface area contributed by atoms with E-state index in [2.05, 4.69) is 39.7 Å². The predicted octanol–water partition coefficient (Wildman–Crippen LogP) is 3.80. The Morgan fingerprint density at radius 3 is 2.81 bits per heavy atom. The molecule has 4 nitrogen and oxygen atoms in total. The quantitative estimate of drug-likeness (QED) is 0.892. The fourth-order valence-corrected chi connectivity index (χ4v) is 2.41. The van der Waals surface area contributed by atoms with Crippen LogP contribution in [0.25, 0.3) is 11.4 Å². The topological polar surface area (TPSA) is 55.0 Å². The molecule has 0 aliphatic heterocycles. The van der Waals surface area contributed by atoms with Crippen molar-refractivity contribution in [1.29, 1.82) is 0 Å². The summed E-state index contributed by atoms with van der Waals surface area (Å²) in [5.41, 5.74) is 1.47. The Morgan fingerprint density at radius 1 is 1.38 bits per heavy atom. The van der Waals surface area contributed by atoms with Crippen LogP contribution in [0.1, 0.15) is 26.5 Å². The van der Waals surface area contributed by atoms with Gasteiger partial charge in [0.25, 0.3) is 5.56 Å². The lowest BCUT2D eigenvalue weighted by Gasteiger charge is -2.10. The van der Waals surface area contributed by atoms with E-state index in [4.69, 9.17) is 4.74 Å². The van der Waals surface area contributed by atoms with Crippen LogP contribution in [0.3, 0.4) is 0 Å². The third kappa shape index (κ3) is 3.94. The Kier molecular flexibility index (Phi) is 5.17. The van der Waals surface area contributed by atoms with Gasteiger partial charge in [-0.2, -0.15) is 0 Å². The molecule has 2 rings (SSSR count). The number of aromatic nitrogens is 2. The van der Waals surface area contributed by atoms with E-state index < -0.39 is 0 Å². The first-order chi connectivity index (χ1) is 10.0. The minimum Gasteiger partial charge on any atom is -0.494 e. The molecule has 2 aromatic rings. The van der Waals surface area contributed by atoms with Crippen molar-refractivity contribution in [3.8, 4) is 17.1 Å². The Hall–Kier alpha value is -1.62. The molecule has 0 bridgehead atoms. The smallest absolute Gasteiger partial charge is 0.265 e. The zero-order valence-electron chi connectivity index (χ0n) is 12.4. The molecule has 5 heteroatoms. The van der Waals surface area contributed by atoms with E-state index in [-0.39, 0.29) is 5.56 Å².